The van der Waals surface area contributed by atoms with Gasteiger partial charge in [0.2, 0.25) is 69.7 Å². The van der Waals surface area contributed by atoms with Gasteiger partial charge >= 0.3 is 0 Å². The van der Waals surface area contributed by atoms with Crippen LogP contribution in [0.5, 0.6) is 11.5 Å². The van der Waals surface area contributed by atoms with Crippen LogP contribution in [-0.2, 0) is 16.5 Å². The standard InChI is InChI=1S/2C7HF5O2.Ni/c2*8-1-2(9)4(11)6(13)7(14)5(12)3(1)10;/h2*(H,13,14);. The molecule has 4 nitrogen and oxygen atoms in total. The van der Waals surface area contributed by atoms with Gasteiger partial charge in [0.15, 0.2) is 0 Å². The van der Waals surface area contributed by atoms with Crippen molar-refractivity contribution in [2.75, 3.05) is 0 Å². The third-order valence-corrected chi connectivity index (χ3v) is 2.79. The Kier molecular flexibility index (Phi) is 8.65. The smallest absolute Gasteiger partial charge is 0.261 e. The van der Waals surface area contributed by atoms with E-state index in [-0.39, 0.29) is 16.5 Å². The van der Waals surface area contributed by atoms with Gasteiger partial charge in [0.1, 0.15) is 0 Å². The number of halogens is 10. The van der Waals surface area contributed by atoms with Gasteiger partial charge in [0.25, 0.3) is 10.9 Å². The van der Waals surface area contributed by atoms with E-state index in [0.717, 1.165) is 0 Å². The summed E-state index contributed by atoms with van der Waals surface area (Å²) in [6.45, 7) is 0. The molecule has 2 aromatic rings. The van der Waals surface area contributed by atoms with Gasteiger partial charge < -0.3 is 10.2 Å². The summed E-state index contributed by atoms with van der Waals surface area (Å²) in [5.74, 6) is -28.3. The van der Waals surface area contributed by atoms with Gasteiger partial charge in [-0.1, -0.05) is 0 Å². The number of hydrogen-bond acceptors (Lipinski definition) is 4. The van der Waals surface area contributed by atoms with Crippen LogP contribution in [0.3, 0.4) is 0 Å². The summed E-state index contributed by atoms with van der Waals surface area (Å²) in [4.78, 5) is 21.0. The molecule has 2 N–H and O–H groups in total. The molecule has 0 radical (unpaired) electrons. The molecule has 2 rings (SSSR count). The molecular formula is C14H2F10NiO4. The first-order valence-electron chi connectivity index (χ1n) is 6.25. The zero-order chi connectivity index (χ0) is 22.1. The minimum Gasteiger partial charge on any atom is -0.502 e. The van der Waals surface area contributed by atoms with Crippen molar-refractivity contribution in [3.63, 3.8) is 0 Å². The third-order valence-electron chi connectivity index (χ3n) is 2.79. The average molecular weight is 483 g/mol. The molecule has 0 aromatic heterocycles. The van der Waals surface area contributed by atoms with Crippen LogP contribution in [0, 0.1) is 58.2 Å². The average Bonchev–Trinajstić information content (AvgIpc) is 2.77. The third kappa shape index (κ3) is 4.78. The molecule has 0 aliphatic rings. The Morgan fingerprint density at radius 3 is 0.793 bits per heavy atom. The minimum absolute atomic E-state index is 0. The predicted molar refractivity (Wildman–Crippen MR) is 68.3 cm³/mol. The normalized spacial score (nSPS) is 10.0. The Morgan fingerprint density at radius 2 is 0.552 bits per heavy atom. The van der Waals surface area contributed by atoms with Crippen LogP contribution < -0.4 is 10.9 Å². The zero-order valence-corrected chi connectivity index (χ0v) is 13.8. The van der Waals surface area contributed by atoms with Crippen molar-refractivity contribution in [3.05, 3.63) is 78.6 Å². The molecular weight excluding hydrogens is 481 g/mol. The quantitative estimate of drug-likeness (QED) is 0.447. The van der Waals surface area contributed by atoms with Crippen molar-refractivity contribution in [2.45, 2.75) is 0 Å². The van der Waals surface area contributed by atoms with Crippen LogP contribution in [0.4, 0.5) is 43.9 Å². The topological polar surface area (TPSA) is 74.6 Å². The molecule has 2 aromatic carbocycles. The van der Waals surface area contributed by atoms with E-state index in [1.54, 1.807) is 0 Å². The molecule has 15 heteroatoms. The molecule has 0 aliphatic carbocycles. The summed E-state index contributed by atoms with van der Waals surface area (Å²) >= 11 is 0. The summed E-state index contributed by atoms with van der Waals surface area (Å²) in [6, 6.07) is 0. The molecule has 0 saturated carbocycles. The summed E-state index contributed by atoms with van der Waals surface area (Å²) in [5.41, 5.74) is -4.30. The van der Waals surface area contributed by atoms with Crippen molar-refractivity contribution in [3.8, 4) is 11.5 Å². The summed E-state index contributed by atoms with van der Waals surface area (Å²) in [5, 5.41) is 17.0. The summed E-state index contributed by atoms with van der Waals surface area (Å²) < 4.78 is 124. The van der Waals surface area contributed by atoms with Gasteiger partial charge in [0.05, 0.1) is 0 Å². The molecule has 0 spiro atoms. The molecule has 0 heterocycles. The molecule has 0 atom stereocenters. The van der Waals surface area contributed by atoms with Crippen LogP contribution in [0.25, 0.3) is 0 Å². The van der Waals surface area contributed by atoms with Crippen LogP contribution >= 0.6 is 0 Å². The number of aromatic hydroxyl groups is 2. The Bertz CT molecular complexity index is 928. The first-order valence-corrected chi connectivity index (χ1v) is 6.25. The second kappa shape index (κ2) is 9.59. The minimum atomic E-state index is -2.50. The Hall–Kier alpha value is -2.83. The molecule has 0 saturated heterocycles. The number of rotatable bonds is 0. The molecule has 0 aliphatic heterocycles. The fourth-order valence-electron chi connectivity index (χ4n) is 1.39. The van der Waals surface area contributed by atoms with Crippen LogP contribution in [0.2, 0.25) is 0 Å². The fraction of sp³-hybridized carbons (Fsp3) is 0. The van der Waals surface area contributed by atoms with E-state index >= 15 is 0 Å². The van der Waals surface area contributed by atoms with Crippen LogP contribution in [0.15, 0.2) is 9.59 Å². The van der Waals surface area contributed by atoms with Crippen LogP contribution in [0.1, 0.15) is 0 Å². The van der Waals surface area contributed by atoms with Gasteiger partial charge in [-0.15, -0.1) is 0 Å². The van der Waals surface area contributed by atoms with E-state index in [2.05, 4.69) is 0 Å². The summed E-state index contributed by atoms with van der Waals surface area (Å²) in [7, 11) is 0. The molecule has 0 amide bonds. The SMILES string of the molecule is O=c1c(O)c(F)c(F)c(F)c(F)c1F.O=c1c(O)c(F)c(F)c(F)c(F)c1F.[Ni]. The maximum atomic E-state index is 12.5. The second-order valence-electron chi connectivity index (χ2n) is 4.50. The maximum absolute atomic E-state index is 12.5. The Balaban J connectivity index is 0.000000523. The van der Waals surface area contributed by atoms with E-state index in [0.29, 0.717) is 0 Å². The maximum Gasteiger partial charge on any atom is 0.261 e. The first kappa shape index (κ1) is 26.2. The van der Waals surface area contributed by atoms with Crippen molar-refractivity contribution < 1.29 is 70.6 Å². The summed E-state index contributed by atoms with van der Waals surface area (Å²) in [6.07, 6.45) is 0. The molecule has 162 valence electrons. The molecule has 29 heavy (non-hydrogen) atoms. The van der Waals surface area contributed by atoms with E-state index in [1.807, 2.05) is 0 Å². The predicted octanol–water partition coefficient (Wildman–Crippen LogP) is 2.89. The van der Waals surface area contributed by atoms with Crippen molar-refractivity contribution in [1.82, 2.24) is 0 Å². The van der Waals surface area contributed by atoms with E-state index in [4.69, 9.17) is 10.2 Å². The second-order valence-corrected chi connectivity index (χ2v) is 4.50. The van der Waals surface area contributed by atoms with E-state index < -0.39 is 80.5 Å². The van der Waals surface area contributed by atoms with Gasteiger partial charge in [0, 0.05) is 16.5 Å². The fourth-order valence-corrected chi connectivity index (χ4v) is 1.39. The molecule has 0 bridgehead atoms. The Morgan fingerprint density at radius 1 is 0.379 bits per heavy atom. The number of hydrogen-bond donors (Lipinski definition) is 2. The largest absolute Gasteiger partial charge is 0.502 e. The van der Waals surface area contributed by atoms with Gasteiger partial charge in [-0.25, -0.2) is 26.3 Å². The molecule has 0 fully saturated rings. The van der Waals surface area contributed by atoms with Crippen molar-refractivity contribution in [2.24, 2.45) is 0 Å². The van der Waals surface area contributed by atoms with E-state index in [9.17, 15) is 53.5 Å². The van der Waals surface area contributed by atoms with Gasteiger partial charge in [-0.3, -0.25) is 9.59 Å². The van der Waals surface area contributed by atoms with Crippen LogP contribution in [-0.4, -0.2) is 10.2 Å². The zero-order valence-electron chi connectivity index (χ0n) is 12.8. The first-order chi connectivity index (χ1) is 12.7. The van der Waals surface area contributed by atoms with E-state index in [1.165, 1.54) is 0 Å². The molecule has 0 unspecified atom stereocenters. The van der Waals surface area contributed by atoms with Crippen molar-refractivity contribution >= 4 is 0 Å². The monoisotopic (exact) mass is 482 g/mol. The van der Waals surface area contributed by atoms with Crippen molar-refractivity contribution in [1.29, 1.82) is 0 Å². The van der Waals surface area contributed by atoms with Gasteiger partial charge in [-0.05, 0) is 0 Å². The van der Waals surface area contributed by atoms with Gasteiger partial charge in [-0.2, -0.15) is 17.6 Å². The Labute approximate surface area is 161 Å².